The normalized spacial score (nSPS) is 29.2. The first kappa shape index (κ1) is 77.3. The van der Waals surface area contributed by atoms with E-state index in [2.05, 4.69) is 43.5 Å². The van der Waals surface area contributed by atoms with Gasteiger partial charge in [-0.25, -0.2) is 0 Å². The number of hydrogen-bond donors (Lipinski definition) is 12. The number of carbonyl (C=O) groups is 1. The number of nitrogens with one attached hydrogen (secondary N) is 1. The number of unbranched alkanes of at least 4 members (excludes halogenated alkanes) is 31. The minimum Gasteiger partial charge on any atom is -0.394 e. The highest BCUT2D eigenvalue weighted by Crippen LogP contribution is 2.33. The molecule has 0 aliphatic carbocycles. The number of allylic oxidation sites excluding steroid dienone is 5. The smallest absolute Gasteiger partial charge is 0.220 e. The van der Waals surface area contributed by atoms with Gasteiger partial charge in [-0.2, -0.15) is 0 Å². The topological polar surface area (TPSA) is 307 Å². The summed E-state index contributed by atoms with van der Waals surface area (Å²) in [6.07, 6.45) is 28.3. The molecule has 85 heavy (non-hydrogen) atoms. The fraction of sp³-hybridized carbons (Fsp3) is 0.894. The molecule has 3 fully saturated rings. The highest BCUT2D eigenvalue weighted by Gasteiger charge is 2.53. The van der Waals surface area contributed by atoms with Crippen LogP contribution in [0.15, 0.2) is 36.5 Å². The minimum absolute atomic E-state index is 0.234. The molecule has 17 atom stereocenters. The Hall–Kier alpha value is -1.99. The molecule has 498 valence electrons. The largest absolute Gasteiger partial charge is 0.394 e. The molecule has 19 heteroatoms. The zero-order valence-corrected chi connectivity index (χ0v) is 52.3. The quantitative estimate of drug-likeness (QED) is 0.0202. The van der Waals surface area contributed by atoms with Gasteiger partial charge in [0.05, 0.1) is 38.6 Å². The molecule has 3 saturated heterocycles. The third-order valence-electron chi connectivity index (χ3n) is 16.9. The van der Waals surface area contributed by atoms with Crippen LogP contribution in [0, 0.1) is 0 Å². The lowest BCUT2D eigenvalue weighted by atomic mass is 9.96. The van der Waals surface area contributed by atoms with Gasteiger partial charge < -0.3 is 89.9 Å². The Kier molecular flexibility index (Phi) is 44.4. The zero-order valence-electron chi connectivity index (χ0n) is 52.3. The molecule has 0 spiro atoms. The maximum Gasteiger partial charge on any atom is 0.220 e. The molecule has 19 nitrogen and oxygen atoms in total. The molecule has 17 unspecified atom stereocenters. The molecule has 0 aromatic carbocycles. The molecular formula is C66H121NO18. The summed E-state index contributed by atoms with van der Waals surface area (Å²) in [7, 11) is 0. The van der Waals surface area contributed by atoms with Gasteiger partial charge in [-0.05, 0) is 57.8 Å². The van der Waals surface area contributed by atoms with Gasteiger partial charge in [0.25, 0.3) is 0 Å². The van der Waals surface area contributed by atoms with Crippen molar-refractivity contribution in [2.45, 2.75) is 349 Å². The number of ether oxygens (including phenoxy) is 6. The second-order valence-corrected chi connectivity index (χ2v) is 24.3. The summed E-state index contributed by atoms with van der Waals surface area (Å²) in [5.41, 5.74) is 0. The monoisotopic (exact) mass is 1220 g/mol. The van der Waals surface area contributed by atoms with E-state index in [0.717, 1.165) is 51.4 Å². The third kappa shape index (κ3) is 31.5. The van der Waals surface area contributed by atoms with E-state index in [9.17, 15) is 61.0 Å². The van der Waals surface area contributed by atoms with Crippen LogP contribution in [0.2, 0.25) is 0 Å². The van der Waals surface area contributed by atoms with Crippen molar-refractivity contribution in [2.24, 2.45) is 0 Å². The van der Waals surface area contributed by atoms with Gasteiger partial charge in [0.1, 0.15) is 73.2 Å². The summed E-state index contributed by atoms with van der Waals surface area (Å²) in [5.74, 6) is -0.286. The van der Waals surface area contributed by atoms with E-state index in [1.54, 1.807) is 6.08 Å². The molecular weight excluding hydrogens is 1090 g/mol. The Morgan fingerprint density at radius 2 is 0.753 bits per heavy atom. The van der Waals surface area contributed by atoms with Crippen molar-refractivity contribution in [3.05, 3.63) is 36.5 Å². The first-order valence-electron chi connectivity index (χ1n) is 33.7. The summed E-state index contributed by atoms with van der Waals surface area (Å²) in [4.78, 5) is 13.4. The predicted octanol–water partition coefficient (Wildman–Crippen LogP) is 8.05. The number of amides is 1. The number of hydrogen-bond acceptors (Lipinski definition) is 18. The van der Waals surface area contributed by atoms with Gasteiger partial charge in [-0.1, -0.05) is 217 Å². The van der Waals surface area contributed by atoms with E-state index < -0.39 is 124 Å². The Labute approximate surface area is 511 Å². The summed E-state index contributed by atoms with van der Waals surface area (Å²) in [6, 6.07) is -0.990. The van der Waals surface area contributed by atoms with Crippen LogP contribution in [0.4, 0.5) is 0 Å². The van der Waals surface area contributed by atoms with E-state index in [-0.39, 0.29) is 18.9 Å². The van der Waals surface area contributed by atoms with Gasteiger partial charge >= 0.3 is 0 Å². The lowest BCUT2D eigenvalue weighted by molar-refractivity contribution is -0.379. The van der Waals surface area contributed by atoms with E-state index in [1.807, 2.05) is 6.08 Å². The lowest BCUT2D eigenvalue weighted by Crippen LogP contribution is -2.66. The first-order valence-corrected chi connectivity index (χ1v) is 33.7. The molecule has 0 bridgehead atoms. The molecule has 3 heterocycles. The van der Waals surface area contributed by atoms with Crippen molar-refractivity contribution in [3.8, 4) is 0 Å². The van der Waals surface area contributed by atoms with Crippen molar-refractivity contribution in [3.63, 3.8) is 0 Å². The Bertz CT molecular complexity index is 1690. The van der Waals surface area contributed by atoms with E-state index >= 15 is 0 Å². The molecule has 12 N–H and O–H groups in total. The van der Waals surface area contributed by atoms with Gasteiger partial charge in [-0.15, -0.1) is 0 Å². The van der Waals surface area contributed by atoms with Gasteiger partial charge in [0.15, 0.2) is 18.9 Å². The molecule has 3 aliphatic heterocycles. The van der Waals surface area contributed by atoms with Crippen molar-refractivity contribution < 1.29 is 89.4 Å². The van der Waals surface area contributed by atoms with Crippen molar-refractivity contribution in [1.82, 2.24) is 5.32 Å². The van der Waals surface area contributed by atoms with E-state index in [1.165, 1.54) is 161 Å². The fourth-order valence-corrected chi connectivity index (χ4v) is 11.4. The number of aliphatic hydroxyl groups is 11. The summed E-state index contributed by atoms with van der Waals surface area (Å²) in [5, 5.41) is 120. The van der Waals surface area contributed by atoms with Crippen LogP contribution in [0.1, 0.15) is 245 Å². The Morgan fingerprint density at radius 1 is 0.412 bits per heavy atom. The lowest BCUT2D eigenvalue weighted by Gasteiger charge is -2.48. The van der Waals surface area contributed by atoms with E-state index in [0.29, 0.717) is 12.8 Å². The highest BCUT2D eigenvalue weighted by molar-refractivity contribution is 5.76. The Morgan fingerprint density at radius 3 is 1.18 bits per heavy atom. The molecule has 3 aliphatic rings. The van der Waals surface area contributed by atoms with Crippen LogP contribution in [0.3, 0.4) is 0 Å². The molecule has 0 aromatic heterocycles. The number of aliphatic hydroxyl groups excluding tert-OH is 11. The van der Waals surface area contributed by atoms with Crippen LogP contribution in [-0.2, 0) is 33.2 Å². The maximum atomic E-state index is 13.4. The first-order chi connectivity index (χ1) is 41.3. The van der Waals surface area contributed by atoms with E-state index in [4.69, 9.17) is 28.4 Å². The van der Waals surface area contributed by atoms with Crippen LogP contribution in [0.5, 0.6) is 0 Å². The number of carbonyl (C=O) groups excluding carboxylic acids is 1. The predicted molar refractivity (Wildman–Crippen MR) is 328 cm³/mol. The van der Waals surface area contributed by atoms with Gasteiger partial charge in [-0.3, -0.25) is 4.79 Å². The molecule has 0 aromatic rings. The molecule has 0 radical (unpaired) electrons. The zero-order chi connectivity index (χ0) is 61.9. The standard InChI is InChI=1S/C66H121NO18/c1-3-5-7-9-11-13-15-17-19-21-23-24-26-28-30-32-34-36-38-40-42-44-54(72)67-49(50(71)43-41-39-37-35-33-31-29-27-25-22-20-18-16-14-12-10-8-6-4-2)48-80-64-60(78)57(75)62(52(46-69)82-64)85-66-61(79)58(76)63(53(47-70)83-66)84-65-59(77)56(74)55(73)51(45-68)81-65/h21,23,33,35,41,43,49-53,55-66,68-71,73-79H,3-20,22,24-32,34,36-40,42,44-48H2,1-2H3,(H,67,72)/b23-21-,35-33+,43-41+. The van der Waals surface area contributed by atoms with Gasteiger partial charge in [0.2, 0.25) is 5.91 Å². The van der Waals surface area contributed by atoms with Crippen molar-refractivity contribution in [1.29, 1.82) is 0 Å². The maximum absolute atomic E-state index is 13.4. The molecule has 1 amide bonds. The van der Waals surface area contributed by atoms with Crippen LogP contribution < -0.4 is 5.32 Å². The summed E-state index contributed by atoms with van der Waals surface area (Å²) < 4.78 is 34.3. The average molecular weight is 1220 g/mol. The second-order valence-electron chi connectivity index (χ2n) is 24.3. The molecule has 3 rings (SSSR count). The van der Waals surface area contributed by atoms with Gasteiger partial charge in [0, 0.05) is 6.42 Å². The average Bonchev–Trinajstić information content (AvgIpc) is 3.10. The van der Waals surface area contributed by atoms with Crippen LogP contribution in [0.25, 0.3) is 0 Å². The third-order valence-corrected chi connectivity index (χ3v) is 16.9. The highest BCUT2D eigenvalue weighted by atomic mass is 16.8. The second kappa shape index (κ2) is 48.8. The molecule has 0 saturated carbocycles. The number of rotatable bonds is 51. The van der Waals surface area contributed by atoms with Crippen LogP contribution >= 0.6 is 0 Å². The van der Waals surface area contributed by atoms with Crippen LogP contribution in [-0.4, -0.2) is 193 Å². The SMILES string of the molecule is CCCCCCCCCC/C=C\CCCCCCCCCCCC(=O)NC(COC1OC(CO)C(OC2OC(CO)C(OC3OC(CO)C(O)C(O)C3O)C(O)C2O)C(O)C1O)C(O)/C=C/CC/C=C/CCCCCCCCCCCCCCC. The van der Waals surface area contributed by atoms with Crippen molar-refractivity contribution >= 4 is 5.91 Å². The summed E-state index contributed by atoms with van der Waals surface area (Å²) in [6.45, 7) is 1.73. The van der Waals surface area contributed by atoms with Crippen molar-refractivity contribution in [2.75, 3.05) is 26.4 Å². The Balaban J connectivity index is 1.47. The minimum atomic E-state index is -1.98. The summed E-state index contributed by atoms with van der Waals surface area (Å²) >= 11 is 0. The fourth-order valence-electron chi connectivity index (χ4n) is 11.4.